The van der Waals surface area contributed by atoms with Crippen LogP contribution in [0.5, 0.6) is 0 Å². The molecule has 0 saturated carbocycles. The van der Waals surface area contributed by atoms with Crippen LogP contribution in [0.25, 0.3) is 0 Å². The number of hydrogen-bond donors (Lipinski definition) is 2. The van der Waals surface area contributed by atoms with Gasteiger partial charge in [-0.2, -0.15) is 0 Å². The van der Waals surface area contributed by atoms with E-state index in [0.717, 1.165) is 31.6 Å². The molecule has 0 radical (unpaired) electrons. The zero-order chi connectivity index (χ0) is 24.8. The first kappa shape index (κ1) is 24.8. The van der Waals surface area contributed by atoms with Gasteiger partial charge in [0.05, 0.1) is 0 Å². The van der Waals surface area contributed by atoms with Gasteiger partial charge in [-0.25, -0.2) is 4.79 Å². The van der Waals surface area contributed by atoms with Crippen LogP contribution in [0.4, 0.5) is 16.2 Å². The van der Waals surface area contributed by atoms with E-state index in [1.807, 2.05) is 12.1 Å². The van der Waals surface area contributed by atoms with E-state index in [2.05, 4.69) is 15.2 Å². The molecule has 9 heteroatoms. The predicted octanol–water partition coefficient (Wildman–Crippen LogP) is 5.05. The van der Waals surface area contributed by atoms with E-state index in [1.165, 1.54) is 4.90 Å². The highest BCUT2D eigenvalue weighted by Gasteiger charge is 2.33. The highest BCUT2D eigenvalue weighted by molar-refractivity contribution is 6.32. The van der Waals surface area contributed by atoms with Gasteiger partial charge in [0.25, 0.3) is 0 Å². The summed E-state index contributed by atoms with van der Waals surface area (Å²) in [4.78, 5) is 33.8. The number of rotatable bonds is 7. The summed E-state index contributed by atoms with van der Waals surface area (Å²) in [6, 6.07) is 15.8. The number of nitrogens with zero attached hydrogens (tertiary/aromatic N) is 3. The Balaban J connectivity index is 1.50. The maximum absolute atomic E-state index is 13.5. The Labute approximate surface area is 214 Å². The van der Waals surface area contributed by atoms with Crippen molar-refractivity contribution in [2.45, 2.75) is 18.9 Å². The Bertz CT molecular complexity index is 1150. The Hall–Kier alpha value is -3.29. The number of hydrogen-bond acceptors (Lipinski definition) is 4. The van der Waals surface area contributed by atoms with E-state index in [-0.39, 0.29) is 5.91 Å². The van der Waals surface area contributed by atoms with Crippen LogP contribution in [0.15, 0.2) is 73.1 Å². The molecule has 0 spiro atoms. The molecule has 182 valence electrons. The first-order valence-corrected chi connectivity index (χ1v) is 12.2. The van der Waals surface area contributed by atoms with Crippen LogP contribution in [0, 0.1) is 5.92 Å². The largest absolute Gasteiger partial charge is 0.371 e. The van der Waals surface area contributed by atoms with Crippen molar-refractivity contribution in [1.29, 1.82) is 0 Å². The third-order valence-electron chi connectivity index (χ3n) is 6.26. The minimum Gasteiger partial charge on any atom is -0.371 e. The van der Waals surface area contributed by atoms with Crippen molar-refractivity contribution in [1.82, 2.24) is 10.3 Å². The second-order valence-electron chi connectivity index (χ2n) is 8.49. The van der Waals surface area contributed by atoms with Crippen molar-refractivity contribution in [3.05, 3.63) is 88.7 Å². The number of anilines is 2. The summed E-state index contributed by atoms with van der Waals surface area (Å²) in [6.07, 6.45) is 5.47. The van der Waals surface area contributed by atoms with Crippen molar-refractivity contribution in [3.63, 3.8) is 0 Å². The topological polar surface area (TPSA) is 91.6 Å². The number of aromatic nitrogens is 1. The molecule has 1 aromatic heterocycles. The molecular weight excluding hydrogens is 485 g/mol. The third-order valence-corrected chi connectivity index (χ3v) is 6.85. The molecule has 7 nitrogen and oxygen atoms in total. The van der Waals surface area contributed by atoms with Gasteiger partial charge in [0.15, 0.2) is 0 Å². The number of carbonyl (C=O) groups is 2. The van der Waals surface area contributed by atoms with Crippen LogP contribution in [-0.2, 0) is 4.79 Å². The molecule has 35 heavy (non-hydrogen) atoms. The fourth-order valence-corrected chi connectivity index (χ4v) is 4.76. The van der Waals surface area contributed by atoms with Gasteiger partial charge in [-0.1, -0.05) is 41.4 Å². The van der Waals surface area contributed by atoms with Crippen molar-refractivity contribution in [2.75, 3.05) is 29.4 Å². The number of halogens is 2. The molecular formula is C26H27Cl2N5O2. The molecule has 1 aliphatic heterocycles. The number of nitrogens with two attached hydrogens (primary N) is 1. The lowest BCUT2D eigenvalue weighted by atomic mass is 9.96. The van der Waals surface area contributed by atoms with Crippen molar-refractivity contribution < 1.29 is 9.59 Å². The maximum atomic E-state index is 13.5. The lowest BCUT2D eigenvalue weighted by molar-refractivity contribution is -0.122. The fraction of sp³-hybridized carbons (Fsp3) is 0.269. The fourth-order valence-electron chi connectivity index (χ4n) is 4.39. The minimum absolute atomic E-state index is 0.321. The zero-order valence-electron chi connectivity index (χ0n) is 19.1. The molecule has 1 unspecified atom stereocenters. The summed E-state index contributed by atoms with van der Waals surface area (Å²) in [5.74, 6) is -0.0232. The van der Waals surface area contributed by atoms with Crippen LogP contribution in [0.2, 0.25) is 10.0 Å². The van der Waals surface area contributed by atoms with Crippen molar-refractivity contribution in [3.8, 4) is 0 Å². The number of benzene rings is 2. The van der Waals surface area contributed by atoms with Gasteiger partial charge in [-0.3, -0.25) is 14.7 Å². The van der Waals surface area contributed by atoms with E-state index < -0.39 is 12.1 Å². The Morgan fingerprint density at radius 1 is 1.03 bits per heavy atom. The summed E-state index contributed by atoms with van der Waals surface area (Å²) >= 11 is 12.5. The summed E-state index contributed by atoms with van der Waals surface area (Å²) in [7, 11) is 0. The second-order valence-corrected chi connectivity index (χ2v) is 9.33. The number of amides is 3. The van der Waals surface area contributed by atoms with Crippen LogP contribution in [0.3, 0.4) is 0 Å². The number of pyridine rings is 1. The van der Waals surface area contributed by atoms with Gasteiger partial charge in [-0.15, -0.1) is 0 Å². The van der Waals surface area contributed by atoms with Crippen LogP contribution >= 0.6 is 23.2 Å². The van der Waals surface area contributed by atoms with Crippen LogP contribution in [0.1, 0.15) is 24.4 Å². The van der Waals surface area contributed by atoms with Crippen molar-refractivity contribution >= 4 is 46.5 Å². The van der Waals surface area contributed by atoms with Crippen LogP contribution < -0.4 is 20.9 Å². The Morgan fingerprint density at radius 3 is 2.31 bits per heavy atom. The van der Waals surface area contributed by atoms with Gasteiger partial charge < -0.3 is 16.0 Å². The molecule has 1 fully saturated rings. The quantitative estimate of drug-likeness (QED) is 0.464. The third kappa shape index (κ3) is 6.05. The second kappa shape index (κ2) is 11.4. The summed E-state index contributed by atoms with van der Waals surface area (Å²) in [5.41, 5.74) is 7.86. The SMILES string of the molecule is NC(=O)N(c1ccc(Cl)cc1)C(C(=O)NCC1CCN(c2ccncc2)CC1)c1ccccc1Cl. The van der Waals surface area contributed by atoms with E-state index in [9.17, 15) is 9.59 Å². The lowest BCUT2D eigenvalue weighted by Crippen LogP contribution is -2.47. The molecule has 2 heterocycles. The molecule has 2 aromatic carbocycles. The lowest BCUT2D eigenvalue weighted by Gasteiger charge is -2.34. The predicted molar refractivity (Wildman–Crippen MR) is 140 cm³/mol. The molecule has 1 saturated heterocycles. The smallest absolute Gasteiger partial charge is 0.320 e. The summed E-state index contributed by atoms with van der Waals surface area (Å²) in [5, 5.41) is 3.93. The van der Waals surface area contributed by atoms with E-state index in [1.54, 1.807) is 60.9 Å². The minimum atomic E-state index is -1.03. The Kier molecular flexibility index (Phi) is 8.10. The van der Waals surface area contributed by atoms with Crippen LogP contribution in [-0.4, -0.2) is 36.6 Å². The van der Waals surface area contributed by atoms with Crippen molar-refractivity contribution in [2.24, 2.45) is 11.7 Å². The zero-order valence-corrected chi connectivity index (χ0v) is 20.6. The number of urea groups is 1. The molecule has 1 atom stereocenters. The first-order chi connectivity index (χ1) is 16.9. The van der Waals surface area contributed by atoms with Gasteiger partial charge in [0, 0.05) is 59.0 Å². The average molecular weight is 512 g/mol. The van der Waals surface area contributed by atoms with Gasteiger partial charge >= 0.3 is 6.03 Å². The molecule has 4 rings (SSSR count). The normalized spacial score (nSPS) is 14.9. The molecule has 3 aromatic rings. The monoisotopic (exact) mass is 511 g/mol. The number of piperidine rings is 1. The highest BCUT2D eigenvalue weighted by atomic mass is 35.5. The number of nitrogens with one attached hydrogen (secondary N) is 1. The maximum Gasteiger partial charge on any atom is 0.320 e. The number of primary amides is 1. The first-order valence-electron chi connectivity index (χ1n) is 11.5. The average Bonchev–Trinajstić information content (AvgIpc) is 2.88. The van der Waals surface area contributed by atoms with Gasteiger partial charge in [-0.05, 0) is 61.2 Å². The van der Waals surface area contributed by atoms with Gasteiger partial charge in [0.2, 0.25) is 5.91 Å². The summed E-state index contributed by atoms with van der Waals surface area (Å²) < 4.78 is 0. The molecule has 0 bridgehead atoms. The molecule has 0 aliphatic carbocycles. The van der Waals surface area contributed by atoms with E-state index >= 15 is 0 Å². The van der Waals surface area contributed by atoms with Gasteiger partial charge in [0.1, 0.15) is 6.04 Å². The molecule has 1 aliphatic rings. The summed E-state index contributed by atoms with van der Waals surface area (Å²) in [6.45, 7) is 2.30. The molecule has 3 amide bonds. The number of carbonyl (C=O) groups excluding carboxylic acids is 2. The molecule has 3 N–H and O–H groups in total. The Morgan fingerprint density at radius 2 is 1.69 bits per heavy atom. The standard InChI is InChI=1S/C26H27Cl2N5O2/c27-19-5-7-21(8-6-19)33(26(29)35)24(22-3-1-2-4-23(22)28)25(34)31-17-18-11-15-32(16-12-18)20-9-13-30-14-10-20/h1-10,13-14,18,24H,11-12,15-17H2,(H2,29,35)(H,31,34). The van der Waals surface area contributed by atoms with E-state index in [0.29, 0.717) is 33.8 Å². The van der Waals surface area contributed by atoms with E-state index in [4.69, 9.17) is 28.9 Å². The highest BCUT2D eigenvalue weighted by Crippen LogP contribution is 2.32.